The van der Waals surface area contributed by atoms with Crippen LogP contribution in [0, 0.1) is 0 Å². The highest BCUT2D eigenvalue weighted by Crippen LogP contribution is 2.36. The normalized spacial score (nSPS) is 10.5. The zero-order chi connectivity index (χ0) is 13.1. The summed E-state index contributed by atoms with van der Waals surface area (Å²) in [6.45, 7) is 0.776. The number of pyridine rings is 1. The van der Waals surface area contributed by atoms with E-state index in [1.165, 1.54) is 17.1 Å². The summed E-state index contributed by atoms with van der Waals surface area (Å²) in [6.07, 6.45) is 3.55. The van der Waals surface area contributed by atoms with Crippen LogP contribution in [-0.2, 0) is 6.54 Å². The molecule has 0 bridgehead atoms. The Balaban J connectivity index is 1.87. The number of hydrogen-bond donors (Lipinski definition) is 2. The first-order chi connectivity index (χ1) is 9.34. The minimum Gasteiger partial charge on any atom is -0.382 e. The van der Waals surface area contributed by atoms with Gasteiger partial charge in [0.15, 0.2) is 0 Å². The summed E-state index contributed by atoms with van der Waals surface area (Å²) in [5.41, 5.74) is 9.14. The van der Waals surface area contributed by atoms with Crippen molar-refractivity contribution in [2.75, 3.05) is 11.1 Å². The van der Waals surface area contributed by atoms with Gasteiger partial charge in [0.1, 0.15) is 10.8 Å². The molecule has 0 aliphatic heterocycles. The fourth-order valence-electron chi connectivity index (χ4n) is 1.79. The van der Waals surface area contributed by atoms with Gasteiger partial charge in [-0.3, -0.25) is 4.98 Å². The SMILES string of the molecule is Nc1nsc(NCc2ccsc2)c1-c1cccnc1. The third-order valence-corrected chi connectivity index (χ3v) is 4.25. The van der Waals surface area contributed by atoms with Crippen molar-refractivity contribution >= 4 is 33.7 Å². The molecule has 0 aromatic carbocycles. The highest BCUT2D eigenvalue weighted by atomic mass is 32.1. The summed E-state index contributed by atoms with van der Waals surface area (Å²) in [4.78, 5) is 4.13. The number of hydrogen-bond acceptors (Lipinski definition) is 6. The van der Waals surface area contributed by atoms with Gasteiger partial charge in [0.05, 0.1) is 5.56 Å². The lowest BCUT2D eigenvalue weighted by atomic mass is 10.1. The van der Waals surface area contributed by atoms with Crippen molar-refractivity contribution in [2.45, 2.75) is 6.54 Å². The number of nitrogen functional groups attached to an aromatic ring is 1. The third-order valence-electron chi connectivity index (χ3n) is 2.70. The Kier molecular flexibility index (Phi) is 3.43. The zero-order valence-corrected chi connectivity index (χ0v) is 11.7. The Morgan fingerprint density at radius 3 is 3.00 bits per heavy atom. The molecule has 3 aromatic heterocycles. The number of nitrogens with zero attached hydrogens (tertiary/aromatic N) is 2. The minimum atomic E-state index is 0.547. The molecule has 19 heavy (non-hydrogen) atoms. The molecular formula is C13H12N4S2. The Morgan fingerprint density at radius 1 is 1.32 bits per heavy atom. The number of rotatable bonds is 4. The van der Waals surface area contributed by atoms with Gasteiger partial charge in [0, 0.05) is 24.5 Å². The van der Waals surface area contributed by atoms with Gasteiger partial charge in [-0.05, 0) is 40.0 Å². The first kappa shape index (κ1) is 12.1. The fourth-order valence-corrected chi connectivity index (χ4v) is 3.19. The Morgan fingerprint density at radius 2 is 2.26 bits per heavy atom. The van der Waals surface area contributed by atoms with Crippen molar-refractivity contribution in [3.8, 4) is 11.1 Å². The lowest BCUT2D eigenvalue weighted by Crippen LogP contribution is -1.98. The lowest BCUT2D eigenvalue weighted by Gasteiger charge is -2.06. The van der Waals surface area contributed by atoms with Crippen molar-refractivity contribution in [3.05, 3.63) is 46.9 Å². The van der Waals surface area contributed by atoms with Crippen LogP contribution in [0.2, 0.25) is 0 Å². The second-order valence-corrected chi connectivity index (χ2v) is 5.55. The highest BCUT2D eigenvalue weighted by molar-refractivity contribution is 7.11. The van der Waals surface area contributed by atoms with E-state index in [4.69, 9.17) is 5.73 Å². The van der Waals surface area contributed by atoms with E-state index in [-0.39, 0.29) is 0 Å². The largest absolute Gasteiger partial charge is 0.382 e. The maximum atomic E-state index is 5.96. The molecule has 4 nitrogen and oxygen atoms in total. The number of aromatic nitrogens is 2. The van der Waals surface area contributed by atoms with E-state index in [0.717, 1.165) is 22.7 Å². The Hall–Kier alpha value is -1.92. The van der Waals surface area contributed by atoms with E-state index in [0.29, 0.717) is 5.82 Å². The zero-order valence-electron chi connectivity index (χ0n) is 10.0. The van der Waals surface area contributed by atoms with Crippen LogP contribution in [-0.4, -0.2) is 9.36 Å². The lowest BCUT2D eigenvalue weighted by molar-refractivity contribution is 1.18. The summed E-state index contributed by atoms with van der Waals surface area (Å²) < 4.78 is 4.22. The molecule has 6 heteroatoms. The van der Waals surface area contributed by atoms with Gasteiger partial charge in [-0.25, -0.2) is 0 Å². The van der Waals surface area contributed by atoms with Crippen LogP contribution >= 0.6 is 22.9 Å². The number of thiophene rings is 1. The van der Waals surface area contributed by atoms with Crippen LogP contribution in [0.3, 0.4) is 0 Å². The summed E-state index contributed by atoms with van der Waals surface area (Å²) in [5.74, 6) is 0.547. The van der Waals surface area contributed by atoms with Gasteiger partial charge in [-0.15, -0.1) is 0 Å². The van der Waals surface area contributed by atoms with Crippen LogP contribution in [0.4, 0.5) is 10.8 Å². The summed E-state index contributed by atoms with van der Waals surface area (Å²) in [5, 5.41) is 8.57. The maximum absolute atomic E-state index is 5.96. The van der Waals surface area contributed by atoms with Gasteiger partial charge < -0.3 is 11.1 Å². The first-order valence-electron chi connectivity index (χ1n) is 5.75. The molecule has 0 fully saturated rings. The fraction of sp³-hybridized carbons (Fsp3) is 0.0769. The summed E-state index contributed by atoms with van der Waals surface area (Å²) in [7, 11) is 0. The molecule has 0 atom stereocenters. The van der Waals surface area contributed by atoms with E-state index in [9.17, 15) is 0 Å². The monoisotopic (exact) mass is 288 g/mol. The predicted molar refractivity (Wildman–Crippen MR) is 81.4 cm³/mol. The molecule has 3 rings (SSSR count). The van der Waals surface area contributed by atoms with Crippen LogP contribution < -0.4 is 11.1 Å². The van der Waals surface area contributed by atoms with Crippen molar-refractivity contribution in [2.24, 2.45) is 0 Å². The van der Waals surface area contributed by atoms with Gasteiger partial charge in [-0.1, -0.05) is 6.07 Å². The van der Waals surface area contributed by atoms with Gasteiger partial charge in [0.25, 0.3) is 0 Å². The van der Waals surface area contributed by atoms with E-state index in [1.54, 1.807) is 23.7 Å². The van der Waals surface area contributed by atoms with Gasteiger partial charge in [-0.2, -0.15) is 15.7 Å². The quantitative estimate of drug-likeness (QED) is 0.771. The van der Waals surface area contributed by atoms with E-state index < -0.39 is 0 Å². The molecule has 0 spiro atoms. The first-order valence-corrected chi connectivity index (χ1v) is 7.46. The number of anilines is 2. The topological polar surface area (TPSA) is 63.8 Å². The van der Waals surface area contributed by atoms with E-state index in [2.05, 4.69) is 31.5 Å². The smallest absolute Gasteiger partial charge is 0.147 e. The van der Waals surface area contributed by atoms with Crippen LogP contribution in [0.25, 0.3) is 11.1 Å². The molecule has 96 valence electrons. The molecule has 3 aromatic rings. The minimum absolute atomic E-state index is 0.547. The van der Waals surface area contributed by atoms with Crippen molar-refractivity contribution in [1.82, 2.24) is 9.36 Å². The van der Waals surface area contributed by atoms with Crippen molar-refractivity contribution < 1.29 is 0 Å². The van der Waals surface area contributed by atoms with Gasteiger partial charge in [0.2, 0.25) is 0 Å². The second kappa shape index (κ2) is 5.38. The molecule has 3 N–H and O–H groups in total. The average Bonchev–Trinajstić information content (AvgIpc) is 3.07. The highest BCUT2D eigenvalue weighted by Gasteiger charge is 2.13. The summed E-state index contributed by atoms with van der Waals surface area (Å²) in [6, 6.07) is 5.99. The van der Waals surface area contributed by atoms with Gasteiger partial charge >= 0.3 is 0 Å². The van der Waals surface area contributed by atoms with Crippen molar-refractivity contribution in [3.63, 3.8) is 0 Å². The number of nitrogens with two attached hydrogens (primary N) is 1. The molecular weight excluding hydrogens is 276 g/mol. The molecule has 3 heterocycles. The molecule has 0 aliphatic carbocycles. The molecule has 0 radical (unpaired) electrons. The third kappa shape index (κ3) is 2.59. The van der Waals surface area contributed by atoms with Crippen molar-refractivity contribution in [1.29, 1.82) is 0 Å². The maximum Gasteiger partial charge on any atom is 0.147 e. The van der Waals surface area contributed by atoms with E-state index >= 15 is 0 Å². The summed E-state index contributed by atoms with van der Waals surface area (Å²) >= 11 is 3.08. The number of nitrogens with one attached hydrogen (secondary N) is 1. The molecule has 0 saturated heterocycles. The molecule has 0 unspecified atom stereocenters. The Bertz CT molecular complexity index is 647. The van der Waals surface area contributed by atoms with Crippen LogP contribution in [0.1, 0.15) is 5.56 Å². The van der Waals surface area contributed by atoms with Crippen LogP contribution in [0.15, 0.2) is 41.4 Å². The van der Waals surface area contributed by atoms with E-state index in [1.807, 2.05) is 12.1 Å². The standard InChI is InChI=1S/C13H12N4S2/c14-12-11(10-2-1-4-15-7-10)13(19-17-12)16-6-9-3-5-18-8-9/h1-5,7-8,16H,6H2,(H2,14,17). The average molecular weight is 288 g/mol. The molecule has 0 amide bonds. The molecule has 0 saturated carbocycles. The predicted octanol–water partition coefficient (Wildman–Crippen LogP) is 3.46. The molecule has 0 aliphatic rings. The second-order valence-electron chi connectivity index (χ2n) is 4.00. The van der Waals surface area contributed by atoms with Crippen LogP contribution in [0.5, 0.6) is 0 Å². The Labute approximate surface area is 119 Å².